The minimum atomic E-state index is -0.739. The molecule has 0 bridgehead atoms. The summed E-state index contributed by atoms with van der Waals surface area (Å²) in [6.07, 6.45) is 11.2. The van der Waals surface area contributed by atoms with Gasteiger partial charge in [-0.25, -0.2) is 20.0 Å². The van der Waals surface area contributed by atoms with Crippen molar-refractivity contribution in [1.82, 2.24) is 20.3 Å². The van der Waals surface area contributed by atoms with E-state index in [1.807, 2.05) is 18.2 Å². The summed E-state index contributed by atoms with van der Waals surface area (Å²) in [5.41, 5.74) is 10.9. The third kappa shape index (κ3) is 5.18. The van der Waals surface area contributed by atoms with Gasteiger partial charge >= 0.3 is 12.1 Å². The number of nitrogens with one attached hydrogen (secondary N) is 3. The number of benzene rings is 1. The molecule has 0 aliphatic carbocycles. The first-order valence-corrected chi connectivity index (χ1v) is 12.0. The van der Waals surface area contributed by atoms with Gasteiger partial charge in [0.25, 0.3) is 0 Å². The lowest BCUT2D eigenvalue weighted by Crippen LogP contribution is -2.50. The second-order valence-corrected chi connectivity index (χ2v) is 9.18. The van der Waals surface area contributed by atoms with Crippen molar-refractivity contribution in [2.24, 2.45) is 5.73 Å². The molecule has 4 rings (SSSR count). The number of rotatable bonds is 7. The standard InChI is InChI=1S/C24H36N6O2/c1-2-3-4-5-12-30(28-23(25)31)24(32)27-18-8-9-22-20(15-18)21(16-26-22)17-10-13-29-11-6-7-19(29)14-17/h8-9,15-17,19,26H,2-7,10-14H2,1H3,(H,27,32)(H3,25,28,31). The summed E-state index contributed by atoms with van der Waals surface area (Å²) in [6.45, 7) is 4.97. The van der Waals surface area contributed by atoms with Crippen molar-refractivity contribution >= 4 is 28.7 Å². The summed E-state index contributed by atoms with van der Waals surface area (Å²) in [4.78, 5) is 30.2. The van der Waals surface area contributed by atoms with Gasteiger partial charge in [-0.3, -0.25) is 0 Å². The molecule has 2 aliphatic heterocycles. The minimum Gasteiger partial charge on any atom is -0.361 e. The summed E-state index contributed by atoms with van der Waals surface area (Å²) < 4.78 is 0. The third-order valence-corrected chi connectivity index (χ3v) is 6.95. The average Bonchev–Trinajstić information content (AvgIpc) is 3.41. The second-order valence-electron chi connectivity index (χ2n) is 9.18. The van der Waals surface area contributed by atoms with E-state index >= 15 is 0 Å². The highest BCUT2D eigenvalue weighted by atomic mass is 16.2. The first-order chi connectivity index (χ1) is 15.5. The molecule has 1 aromatic heterocycles. The first kappa shape index (κ1) is 22.5. The fraction of sp³-hybridized carbons (Fsp3) is 0.583. The summed E-state index contributed by atoms with van der Waals surface area (Å²) in [5.74, 6) is 0.542. The van der Waals surface area contributed by atoms with Crippen molar-refractivity contribution < 1.29 is 9.59 Å². The SMILES string of the molecule is CCCCCCN(NC(N)=O)C(=O)Nc1ccc2[nH]cc(C3CCN4CCCC4C3)c2c1. The fourth-order valence-electron chi connectivity index (χ4n) is 5.29. The maximum atomic E-state index is 12.8. The lowest BCUT2D eigenvalue weighted by molar-refractivity contribution is 0.179. The van der Waals surface area contributed by atoms with Crippen LogP contribution in [0.4, 0.5) is 15.3 Å². The Morgan fingerprint density at radius 1 is 1.22 bits per heavy atom. The number of primary amides is 1. The smallest absolute Gasteiger partial charge is 0.340 e. The van der Waals surface area contributed by atoms with Crippen LogP contribution in [0.5, 0.6) is 0 Å². The van der Waals surface area contributed by atoms with Crippen LogP contribution in [0.1, 0.15) is 69.8 Å². The molecule has 0 saturated carbocycles. The predicted molar refractivity (Wildman–Crippen MR) is 127 cm³/mol. The number of carbonyl (C=O) groups excluding carboxylic acids is 2. The number of piperidine rings is 1. The number of urea groups is 2. The highest BCUT2D eigenvalue weighted by molar-refractivity contribution is 5.94. The molecule has 2 aliphatic rings. The number of hydrogen-bond donors (Lipinski definition) is 4. The molecule has 4 amide bonds. The van der Waals surface area contributed by atoms with E-state index in [0.29, 0.717) is 24.2 Å². The largest absolute Gasteiger partial charge is 0.361 e. The number of anilines is 1. The number of aromatic amines is 1. The number of carbonyl (C=O) groups is 2. The molecule has 2 saturated heterocycles. The number of hydrazine groups is 1. The first-order valence-electron chi connectivity index (χ1n) is 12.0. The molecule has 2 unspecified atom stereocenters. The zero-order valence-corrected chi connectivity index (χ0v) is 19.0. The summed E-state index contributed by atoms with van der Waals surface area (Å²) in [7, 11) is 0. The van der Waals surface area contributed by atoms with Gasteiger partial charge in [-0.15, -0.1) is 0 Å². The maximum absolute atomic E-state index is 12.8. The van der Waals surface area contributed by atoms with Crippen LogP contribution in [0.15, 0.2) is 24.4 Å². The van der Waals surface area contributed by atoms with Gasteiger partial charge in [-0.05, 0) is 74.9 Å². The van der Waals surface area contributed by atoms with Gasteiger partial charge in [0, 0.05) is 35.4 Å². The number of hydrogen-bond acceptors (Lipinski definition) is 3. The fourth-order valence-corrected chi connectivity index (χ4v) is 5.29. The van der Waals surface area contributed by atoms with Crippen LogP contribution in [-0.2, 0) is 0 Å². The van der Waals surface area contributed by atoms with Crippen molar-refractivity contribution in [2.75, 3.05) is 25.0 Å². The Morgan fingerprint density at radius 3 is 2.91 bits per heavy atom. The van der Waals surface area contributed by atoms with Crippen molar-refractivity contribution in [3.63, 3.8) is 0 Å². The summed E-state index contributed by atoms with van der Waals surface area (Å²) in [6, 6.07) is 5.53. The molecule has 3 heterocycles. The molecule has 8 nitrogen and oxygen atoms in total. The maximum Gasteiger partial charge on any atom is 0.340 e. The van der Waals surface area contributed by atoms with E-state index in [2.05, 4.69) is 33.7 Å². The molecular weight excluding hydrogens is 404 g/mol. The van der Waals surface area contributed by atoms with Gasteiger partial charge in [0.1, 0.15) is 0 Å². The van der Waals surface area contributed by atoms with Crippen LogP contribution in [0.2, 0.25) is 0 Å². The van der Waals surface area contributed by atoms with Crippen LogP contribution in [0.25, 0.3) is 10.9 Å². The van der Waals surface area contributed by atoms with Gasteiger partial charge in [-0.2, -0.15) is 0 Å². The highest BCUT2D eigenvalue weighted by Crippen LogP contribution is 2.39. The predicted octanol–water partition coefficient (Wildman–Crippen LogP) is 4.51. The van der Waals surface area contributed by atoms with E-state index in [1.165, 1.54) is 49.3 Å². The van der Waals surface area contributed by atoms with Crippen molar-refractivity contribution in [3.8, 4) is 0 Å². The van der Waals surface area contributed by atoms with E-state index in [0.717, 1.165) is 36.6 Å². The molecule has 32 heavy (non-hydrogen) atoms. The minimum absolute atomic E-state index is 0.379. The van der Waals surface area contributed by atoms with Crippen molar-refractivity contribution in [1.29, 1.82) is 0 Å². The lowest BCUT2D eigenvalue weighted by atomic mass is 9.85. The van der Waals surface area contributed by atoms with Crippen LogP contribution in [0.3, 0.4) is 0 Å². The second kappa shape index (κ2) is 10.3. The zero-order chi connectivity index (χ0) is 22.5. The topological polar surface area (TPSA) is 106 Å². The number of fused-ring (bicyclic) bond motifs is 2. The van der Waals surface area contributed by atoms with E-state index in [-0.39, 0.29) is 6.03 Å². The molecule has 0 radical (unpaired) electrons. The van der Waals surface area contributed by atoms with Gasteiger partial charge < -0.3 is 20.9 Å². The highest BCUT2D eigenvalue weighted by Gasteiger charge is 2.33. The van der Waals surface area contributed by atoms with Gasteiger partial charge in [0.05, 0.1) is 0 Å². The van der Waals surface area contributed by atoms with Crippen molar-refractivity contribution in [2.45, 2.75) is 70.3 Å². The van der Waals surface area contributed by atoms with E-state index < -0.39 is 6.03 Å². The molecule has 174 valence electrons. The number of nitrogens with two attached hydrogens (primary N) is 1. The number of nitrogens with zero attached hydrogens (tertiary/aromatic N) is 2. The molecule has 2 fully saturated rings. The summed E-state index contributed by atoms with van der Waals surface area (Å²) in [5, 5.41) is 5.37. The van der Waals surface area contributed by atoms with Gasteiger partial charge in [0.2, 0.25) is 0 Å². The Hall–Kier alpha value is -2.74. The van der Waals surface area contributed by atoms with Gasteiger partial charge in [-0.1, -0.05) is 26.2 Å². The van der Waals surface area contributed by atoms with E-state index in [9.17, 15) is 9.59 Å². The van der Waals surface area contributed by atoms with Crippen LogP contribution < -0.4 is 16.5 Å². The Kier molecular flexibility index (Phi) is 7.19. The number of unbranched alkanes of at least 4 members (excludes halogenated alkanes) is 3. The molecule has 8 heteroatoms. The number of amides is 4. The monoisotopic (exact) mass is 440 g/mol. The van der Waals surface area contributed by atoms with Gasteiger partial charge in [0.15, 0.2) is 0 Å². The Balaban J connectivity index is 1.46. The average molecular weight is 441 g/mol. The normalized spacial score (nSPS) is 20.8. The quantitative estimate of drug-likeness (QED) is 0.376. The summed E-state index contributed by atoms with van der Waals surface area (Å²) >= 11 is 0. The molecule has 0 spiro atoms. The third-order valence-electron chi connectivity index (χ3n) is 6.95. The van der Waals surface area contributed by atoms with E-state index in [4.69, 9.17) is 5.73 Å². The number of H-pyrrole nitrogens is 1. The van der Waals surface area contributed by atoms with Crippen molar-refractivity contribution in [3.05, 3.63) is 30.0 Å². The Bertz CT molecular complexity index is 942. The lowest BCUT2D eigenvalue weighted by Gasteiger charge is -2.34. The Labute approximate surface area is 189 Å². The Morgan fingerprint density at radius 2 is 2.09 bits per heavy atom. The van der Waals surface area contributed by atoms with Crippen LogP contribution in [-0.4, -0.2) is 52.6 Å². The zero-order valence-electron chi connectivity index (χ0n) is 19.0. The van der Waals surface area contributed by atoms with Crippen LogP contribution in [0, 0.1) is 0 Å². The molecule has 5 N–H and O–H groups in total. The molecule has 2 aromatic rings. The van der Waals surface area contributed by atoms with Crippen LogP contribution >= 0.6 is 0 Å². The molecule has 1 aromatic carbocycles. The molecule has 2 atom stereocenters. The number of aromatic nitrogens is 1. The van der Waals surface area contributed by atoms with E-state index in [1.54, 1.807) is 0 Å². The molecular formula is C24H36N6O2.